The first-order valence-electron chi connectivity index (χ1n) is 6.20. The molecule has 0 bridgehead atoms. The molecule has 2 rings (SSSR count). The van der Waals surface area contributed by atoms with Crippen molar-refractivity contribution in [3.63, 3.8) is 0 Å². The summed E-state index contributed by atoms with van der Waals surface area (Å²) in [5.41, 5.74) is 2.24. The van der Waals surface area contributed by atoms with Crippen molar-refractivity contribution >= 4 is 11.9 Å². The van der Waals surface area contributed by atoms with E-state index in [-0.39, 0.29) is 11.8 Å². The van der Waals surface area contributed by atoms with Gasteiger partial charge in [-0.05, 0) is 37.3 Å². The fraction of sp³-hybridized carbons (Fsp3) is 0.429. The Balaban J connectivity index is 2.15. The molecule has 96 valence electrons. The Morgan fingerprint density at radius 3 is 2.83 bits per heavy atom. The average molecular weight is 247 g/mol. The molecule has 0 aromatic heterocycles. The lowest BCUT2D eigenvalue weighted by Gasteiger charge is -2.25. The average Bonchev–Trinajstić information content (AvgIpc) is 2.37. The number of benzene rings is 1. The van der Waals surface area contributed by atoms with Crippen molar-refractivity contribution in [1.29, 1.82) is 0 Å². The van der Waals surface area contributed by atoms with Gasteiger partial charge in [0, 0.05) is 0 Å². The monoisotopic (exact) mass is 247 g/mol. The summed E-state index contributed by atoms with van der Waals surface area (Å²) in [6.45, 7) is 1.48. The van der Waals surface area contributed by atoms with Crippen LogP contribution in [0.25, 0.3) is 0 Å². The second-order valence-corrected chi connectivity index (χ2v) is 4.71. The molecule has 1 unspecified atom stereocenters. The van der Waals surface area contributed by atoms with Crippen LogP contribution in [0.4, 0.5) is 0 Å². The van der Waals surface area contributed by atoms with Crippen molar-refractivity contribution < 1.29 is 14.7 Å². The summed E-state index contributed by atoms with van der Waals surface area (Å²) in [7, 11) is 0. The standard InChI is InChI=1S/C14H17NO3/c1-9(14(17)18)15-13(16)12-8-4-6-10-5-2-3-7-11(10)12/h2-3,5,7,9,12H,4,6,8H2,1H3,(H,15,16)(H,17,18)/t9-,12?/m1/s1. The Morgan fingerprint density at radius 1 is 1.39 bits per heavy atom. The van der Waals surface area contributed by atoms with Crippen LogP contribution >= 0.6 is 0 Å². The molecule has 1 aliphatic rings. The molecule has 1 amide bonds. The maximum Gasteiger partial charge on any atom is 0.325 e. The van der Waals surface area contributed by atoms with Crippen molar-refractivity contribution in [1.82, 2.24) is 5.32 Å². The molecule has 4 heteroatoms. The number of rotatable bonds is 3. The molecule has 4 nitrogen and oxygen atoms in total. The minimum atomic E-state index is -1.01. The largest absolute Gasteiger partial charge is 0.480 e. The van der Waals surface area contributed by atoms with Gasteiger partial charge < -0.3 is 10.4 Å². The first-order chi connectivity index (χ1) is 8.59. The first-order valence-corrected chi connectivity index (χ1v) is 6.20. The molecule has 1 aromatic rings. The van der Waals surface area contributed by atoms with E-state index in [0.717, 1.165) is 24.8 Å². The van der Waals surface area contributed by atoms with Crippen LogP contribution in [0.3, 0.4) is 0 Å². The van der Waals surface area contributed by atoms with Gasteiger partial charge in [0.05, 0.1) is 5.92 Å². The van der Waals surface area contributed by atoms with Crippen LogP contribution < -0.4 is 5.32 Å². The Bertz CT molecular complexity index is 470. The molecule has 1 aliphatic carbocycles. The zero-order chi connectivity index (χ0) is 13.1. The van der Waals surface area contributed by atoms with Gasteiger partial charge >= 0.3 is 5.97 Å². The van der Waals surface area contributed by atoms with E-state index in [0.29, 0.717) is 0 Å². The smallest absolute Gasteiger partial charge is 0.325 e. The number of hydrogen-bond acceptors (Lipinski definition) is 2. The molecule has 2 atom stereocenters. The Hall–Kier alpha value is -1.84. The van der Waals surface area contributed by atoms with Crippen LogP contribution in [0.15, 0.2) is 24.3 Å². The molecule has 0 saturated heterocycles. The van der Waals surface area contributed by atoms with Crippen molar-refractivity contribution in [2.45, 2.75) is 38.1 Å². The zero-order valence-corrected chi connectivity index (χ0v) is 10.3. The zero-order valence-electron chi connectivity index (χ0n) is 10.3. The highest BCUT2D eigenvalue weighted by molar-refractivity contribution is 5.88. The summed E-state index contributed by atoms with van der Waals surface area (Å²) in [6, 6.07) is 7.05. The molecule has 2 N–H and O–H groups in total. The van der Waals surface area contributed by atoms with E-state index in [9.17, 15) is 9.59 Å². The lowest BCUT2D eigenvalue weighted by atomic mass is 9.82. The molecule has 0 fully saturated rings. The molecule has 18 heavy (non-hydrogen) atoms. The second-order valence-electron chi connectivity index (χ2n) is 4.71. The highest BCUT2D eigenvalue weighted by Crippen LogP contribution is 2.31. The van der Waals surface area contributed by atoms with Crippen LogP contribution in [-0.2, 0) is 16.0 Å². The van der Waals surface area contributed by atoms with Crippen molar-refractivity contribution in [3.8, 4) is 0 Å². The van der Waals surface area contributed by atoms with Crippen molar-refractivity contribution in [2.24, 2.45) is 0 Å². The van der Waals surface area contributed by atoms with E-state index in [1.54, 1.807) is 0 Å². The van der Waals surface area contributed by atoms with Gasteiger partial charge in [0.1, 0.15) is 6.04 Å². The van der Waals surface area contributed by atoms with Crippen LogP contribution in [0.1, 0.15) is 36.8 Å². The summed E-state index contributed by atoms with van der Waals surface area (Å²) < 4.78 is 0. The van der Waals surface area contributed by atoms with E-state index in [4.69, 9.17) is 5.11 Å². The number of nitrogens with one attached hydrogen (secondary N) is 1. The SMILES string of the molecule is C[C@@H](NC(=O)C1CCCc2ccccc21)C(=O)O. The predicted molar refractivity (Wildman–Crippen MR) is 67.4 cm³/mol. The molecule has 1 aromatic carbocycles. The Labute approximate surface area is 106 Å². The van der Waals surface area contributed by atoms with Crippen LogP contribution in [0.2, 0.25) is 0 Å². The number of carboxylic acids is 1. The minimum Gasteiger partial charge on any atom is -0.480 e. The summed E-state index contributed by atoms with van der Waals surface area (Å²) >= 11 is 0. The third-order valence-electron chi connectivity index (χ3n) is 3.42. The molecule has 0 radical (unpaired) electrons. The number of aliphatic carboxylic acids is 1. The van der Waals surface area contributed by atoms with Gasteiger partial charge in [0.15, 0.2) is 0 Å². The second kappa shape index (κ2) is 5.21. The van der Waals surface area contributed by atoms with Gasteiger partial charge in [0.2, 0.25) is 5.91 Å². The number of aryl methyl sites for hydroxylation is 1. The first kappa shape index (κ1) is 12.6. The number of carbonyl (C=O) groups excluding carboxylic acids is 1. The lowest BCUT2D eigenvalue weighted by molar-refractivity contribution is -0.141. The third-order valence-corrected chi connectivity index (χ3v) is 3.42. The van der Waals surface area contributed by atoms with Gasteiger partial charge in [-0.25, -0.2) is 0 Å². The fourth-order valence-corrected chi connectivity index (χ4v) is 2.40. The van der Waals surface area contributed by atoms with Gasteiger partial charge in [-0.15, -0.1) is 0 Å². The van der Waals surface area contributed by atoms with Crippen LogP contribution in [-0.4, -0.2) is 23.0 Å². The Morgan fingerprint density at radius 2 is 2.11 bits per heavy atom. The maximum atomic E-state index is 12.1. The van der Waals surface area contributed by atoms with Gasteiger partial charge in [-0.1, -0.05) is 24.3 Å². The topological polar surface area (TPSA) is 66.4 Å². The molecule has 0 saturated carbocycles. The highest BCUT2D eigenvalue weighted by atomic mass is 16.4. The minimum absolute atomic E-state index is 0.183. The van der Waals surface area contributed by atoms with E-state index >= 15 is 0 Å². The molecular formula is C14H17NO3. The van der Waals surface area contributed by atoms with Gasteiger partial charge in [-0.2, -0.15) is 0 Å². The van der Waals surface area contributed by atoms with Gasteiger partial charge in [-0.3, -0.25) is 9.59 Å². The summed E-state index contributed by atoms with van der Waals surface area (Å²) in [5, 5.41) is 11.4. The number of fused-ring (bicyclic) bond motifs is 1. The molecule has 0 aliphatic heterocycles. The van der Waals surface area contributed by atoms with Crippen molar-refractivity contribution in [3.05, 3.63) is 35.4 Å². The summed E-state index contributed by atoms with van der Waals surface area (Å²) in [6.07, 6.45) is 2.75. The van der Waals surface area contributed by atoms with E-state index < -0.39 is 12.0 Å². The molecule has 0 spiro atoms. The number of carboxylic acid groups (broad SMARTS) is 1. The fourth-order valence-electron chi connectivity index (χ4n) is 2.40. The normalized spacial score (nSPS) is 19.7. The van der Waals surface area contributed by atoms with Crippen LogP contribution in [0.5, 0.6) is 0 Å². The number of hydrogen-bond donors (Lipinski definition) is 2. The maximum absolute atomic E-state index is 12.1. The number of carbonyl (C=O) groups is 2. The third kappa shape index (κ3) is 2.53. The van der Waals surface area contributed by atoms with Crippen molar-refractivity contribution in [2.75, 3.05) is 0 Å². The lowest BCUT2D eigenvalue weighted by Crippen LogP contribution is -2.41. The van der Waals surface area contributed by atoms with Crippen LogP contribution in [0, 0.1) is 0 Å². The number of amides is 1. The highest BCUT2D eigenvalue weighted by Gasteiger charge is 2.27. The Kier molecular flexibility index (Phi) is 3.65. The molecule has 0 heterocycles. The molecular weight excluding hydrogens is 230 g/mol. The quantitative estimate of drug-likeness (QED) is 0.854. The van der Waals surface area contributed by atoms with E-state index in [2.05, 4.69) is 5.32 Å². The summed E-state index contributed by atoms with van der Waals surface area (Å²) in [4.78, 5) is 22.8. The van der Waals surface area contributed by atoms with E-state index in [1.807, 2.05) is 24.3 Å². The van der Waals surface area contributed by atoms with Gasteiger partial charge in [0.25, 0.3) is 0 Å². The summed E-state index contributed by atoms with van der Waals surface area (Å²) in [5.74, 6) is -1.40. The van der Waals surface area contributed by atoms with E-state index in [1.165, 1.54) is 12.5 Å². The predicted octanol–water partition coefficient (Wildman–Crippen LogP) is 1.70.